The summed E-state index contributed by atoms with van der Waals surface area (Å²) >= 11 is 0. The molecular weight excluding hydrogens is 414 g/mol. The number of rotatable bonds is 8. The van der Waals surface area contributed by atoms with Crippen LogP contribution in [0, 0.1) is 6.92 Å². The Kier molecular flexibility index (Phi) is 6.58. The van der Waals surface area contributed by atoms with E-state index in [9.17, 15) is 4.79 Å². The van der Waals surface area contributed by atoms with Crippen LogP contribution in [0.3, 0.4) is 0 Å². The van der Waals surface area contributed by atoms with E-state index in [0.29, 0.717) is 12.2 Å². The average Bonchev–Trinajstić information content (AvgIpc) is 3.21. The maximum atomic E-state index is 13.0. The number of carbonyl (C=O) groups is 1. The van der Waals surface area contributed by atoms with Crippen LogP contribution in [-0.4, -0.2) is 42.1 Å². The molecule has 0 aliphatic rings. The summed E-state index contributed by atoms with van der Waals surface area (Å²) in [7, 11) is 5.52. The molecule has 0 bridgehead atoms. The number of hydrogen-bond donors (Lipinski definition) is 2. The van der Waals surface area contributed by atoms with E-state index >= 15 is 0 Å². The Labute approximate surface area is 193 Å². The molecule has 2 heterocycles. The van der Waals surface area contributed by atoms with E-state index in [1.54, 1.807) is 7.11 Å². The summed E-state index contributed by atoms with van der Waals surface area (Å²) in [5.74, 6) is 2.19. The minimum atomic E-state index is -0.296. The lowest BCUT2D eigenvalue weighted by molar-refractivity contribution is -0.121. The molecule has 0 radical (unpaired) electrons. The number of benzene rings is 2. The van der Waals surface area contributed by atoms with Gasteiger partial charge in [-0.15, -0.1) is 0 Å². The lowest BCUT2D eigenvalue weighted by Gasteiger charge is -2.21. The summed E-state index contributed by atoms with van der Waals surface area (Å²) in [6.45, 7) is 1.87. The molecule has 0 aliphatic heterocycles. The highest BCUT2D eigenvalue weighted by molar-refractivity contribution is 5.83. The molecule has 4 rings (SSSR count). The van der Waals surface area contributed by atoms with Gasteiger partial charge in [0.15, 0.2) is 0 Å². The van der Waals surface area contributed by atoms with Gasteiger partial charge in [0.2, 0.25) is 5.91 Å². The van der Waals surface area contributed by atoms with Crippen molar-refractivity contribution in [1.29, 1.82) is 0 Å². The zero-order chi connectivity index (χ0) is 23.4. The fourth-order valence-corrected chi connectivity index (χ4v) is 3.91. The average molecular weight is 444 g/mol. The maximum Gasteiger partial charge on any atom is 0.224 e. The first-order valence-corrected chi connectivity index (χ1v) is 10.9. The number of aromatic nitrogens is 3. The zero-order valence-corrected chi connectivity index (χ0v) is 19.4. The molecule has 1 unspecified atom stereocenters. The Morgan fingerprint density at radius 2 is 1.88 bits per heavy atom. The van der Waals surface area contributed by atoms with E-state index in [4.69, 9.17) is 4.74 Å². The van der Waals surface area contributed by atoms with Crippen molar-refractivity contribution in [2.75, 3.05) is 26.1 Å². The minimum absolute atomic E-state index is 0.0623. The van der Waals surface area contributed by atoms with E-state index < -0.39 is 0 Å². The second-order valence-corrected chi connectivity index (χ2v) is 8.30. The van der Waals surface area contributed by atoms with E-state index in [1.165, 1.54) is 0 Å². The van der Waals surface area contributed by atoms with Gasteiger partial charge in [-0.05, 0) is 36.2 Å². The fraction of sp³-hybridized carbons (Fsp3) is 0.269. The standard InChI is InChI=1S/C26H29N5O2/c1-17-28-24(15-25(29-17)31(2)3)23(14-19-16-27-22-8-6-5-7-21(19)22)30-26(32)13-18-9-11-20(33-4)12-10-18/h5-12,15-16,23,27H,13-14H2,1-4H3,(H,30,32). The maximum absolute atomic E-state index is 13.0. The lowest BCUT2D eigenvalue weighted by atomic mass is 10.0. The Hall–Kier alpha value is -3.87. The molecule has 2 aromatic carbocycles. The number of anilines is 1. The monoisotopic (exact) mass is 443 g/mol. The summed E-state index contributed by atoms with van der Waals surface area (Å²) in [5, 5.41) is 4.36. The van der Waals surface area contributed by atoms with Crippen LogP contribution in [0.5, 0.6) is 5.75 Å². The molecule has 1 atom stereocenters. The number of hydrogen-bond acceptors (Lipinski definition) is 5. The third kappa shape index (κ3) is 5.31. The number of ether oxygens (including phenoxy) is 1. The van der Waals surface area contributed by atoms with Crippen LogP contribution < -0.4 is 15.0 Å². The number of amides is 1. The topological polar surface area (TPSA) is 83.1 Å². The number of para-hydroxylation sites is 1. The molecule has 33 heavy (non-hydrogen) atoms. The molecule has 7 nitrogen and oxygen atoms in total. The van der Waals surface area contributed by atoms with Crippen molar-refractivity contribution in [1.82, 2.24) is 20.3 Å². The molecule has 7 heteroatoms. The summed E-state index contributed by atoms with van der Waals surface area (Å²) in [5.41, 5.74) is 3.92. The zero-order valence-electron chi connectivity index (χ0n) is 19.4. The van der Waals surface area contributed by atoms with Gasteiger partial charge in [0.25, 0.3) is 0 Å². The number of nitrogens with zero attached hydrogens (tertiary/aromatic N) is 3. The predicted octanol–water partition coefficient (Wildman–Crippen LogP) is 3.98. The van der Waals surface area contributed by atoms with Crippen molar-refractivity contribution in [2.45, 2.75) is 25.8 Å². The van der Waals surface area contributed by atoms with Gasteiger partial charge in [-0.25, -0.2) is 9.97 Å². The third-order valence-electron chi connectivity index (χ3n) is 5.62. The molecule has 170 valence electrons. The highest BCUT2D eigenvalue weighted by Crippen LogP contribution is 2.25. The molecule has 4 aromatic rings. The number of methoxy groups -OCH3 is 1. The molecule has 0 fully saturated rings. The van der Waals surface area contributed by atoms with Crippen molar-refractivity contribution >= 4 is 22.6 Å². The van der Waals surface area contributed by atoms with Crippen LogP contribution in [0.15, 0.2) is 60.8 Å². The molecule has 0 aliphatic carbocycles. The fourth-order valence-electron chi connectivity index (χ4n) is 3.91. The highest BCUT2D eigenvalue weighted by Gasteiger charge is 2.20. The number of H-pyrrole nitrogens is 1. The first-order valence-electron chi connectivity index (χ1n) is 10.9. The van der Waals surface area contributed by atoms with Gasteiger partial charge in [-0.2, -0.15) is 0 Å². The summed E-state index contributed by atoms with van der Waals surface area (Å²) in [6, 6.07) is 17.4. The van der Waals surface area contributed by atoms with Crippen molar-refractivity contribution in [3.8, 4) is 5.75 Å². The Morgan fingerprint density at radius 3 is 2.61 bits per heavy atom. The molecule has 0 saturated carbocycles. The van der Waals surface area contributed by atoms with Gasteiger partial charge in [0.05, 0.1) is 25.3 Å². The molecule has 0 spiro atoms. The number of fused-ring (bicyclic) bond motifs is 1. The second-order valence-electron chi connectivity index (χ2n) is 8.30. The van der Waals surface area contributed by atoms with Crippen LogP contribution in [-0.2, 0) is 17.6 Å². The Balaban J connectivity index is 1.62. The van der Waals surface area contributed by atoms with Crippen molar-refractivity contribution in [2.24, 2.45) is 0 Å². The molecular formula is C26H29N5O2. The molecule has 0 saturated heterocycles. The summed E-state index contributed by atoms with van der Waals surface area (Å²) < 4.78 is 5.21. The van der Waals surface area contributed by atoms with E-state index in [2.05, 4.69) is 32.4 Å². The molecule has 1 amide bonds. The van der Waals surface area contributed by atoms with E-state index in [0.717, 1.165) is 39.3 Å². The van der Waals surface area contributed by atoms with Crippen LogP contribution in [0.1, 0.15) is 28.7 Å². The normalized spacial score (nSPS) is 11.9. The quantitative estimate of drug-likeness (QED) is 0.430. The van der Waals surface area contributed by atoms with Crippen LogP contribution in [0.2, 0.25) is 0 Å². The molecule has 2 N–H and O–H groups in total. The largest absolute Gasteiger partial charge is 0.497 e. The number of aryl methyl sites for hydroxylation is 1. The lowest BCUT2D eigenvalue weighted by Crippen LogP contribution is -2.32. The van der Waals surface area contributed by atoms with Crippen molar-refractivity contribution in [3.05, 3.63) is 83.4 Å². The molecule has 2 aromatic heterocycles. The van der Waals surface area contributed by atoms with Gasteiger partial charge in [0.1, 0.15) is 17.4 Å². The van der Waals surface area contributed by atoms with Gasteiger partial charge in [0, 0.05) is 43.7 Å². The van der Waals surface area contributed by atoms with Gasteiger partial charge in [-0.1, -0.05) is 30.3 Å². The summed E-state index contributed by atoms with van der Waals surface area (Å²) in [4.78, 5) is 27.5. The van der Waals surface area contributed by atoms with Crippen LogP contribution in [0.4, 0.5) is 5.82 Å². The third-order valence-corrected chi connectivity index (χ3v) is 5.62. The van der Waals surface area contributed by atoms with Gasteiger partial charge in [-0.3, -0.25) is 4.79 Å². The smallest absolute Gasteiger partial charge is 0.224 e. The first-order chi connectivity index (χ1) is 15.9. The van der Waals surface area contributed by atoms with Gasteiger partial charge < -0.3 is 19.9 Å². The van der Waals surface area contributed by atoms with Crippen LogP contribution in [0.25, 0.3) is 10.9 Å². The highest BCUT2D eigenvalue weighted by atomic mass is 16.5. The van der Waals surface area contributed by atoms with E-state index in [1.807, 2.05) is 74.6 Å². The van der Waals surface area contributed by atoms with Gasteiger partial charge >= 0.3 is 0 Å². The number of carbonyl (C=O) groups excluding carboxylic acids is 1. The Bertz CT molecular complexity index is 1250. The SMILES string of the molecule is COc1ccc(CC(=O)NC(Cc2c[nH]c3ccccc23)c2cc(N(C)C)nc(C)n2)cc1. The second kappa shape index (κ2) is 9.73. The Morgan fingerprint density at radius 1 is 1.12 bits per heavy atom. The van der Waals surface area contributed by atoms with E-state index in [-0.39, 0.29) is 18.4 Å². The minimum Gasteiger partial charge on any atom is -0.497 e. The van der Waals surface area contributed by atoms with Crippen molar-refractivity contribution in [3.63, 3.8) is 0 Å². The van der Waals surface area contributed by atoms with Crippen molar-refractivity contribution < 1.29 is 9.53 Å². The number of aromatic amines is 1. The van der Waals surface area contributed by atoms with Crippen LogP contribution >= 0.6 is 0 Å². The number of nitrogens with one attached hydrogen (secondary N) is 2. The summed E-state index contributed by atoms with van der Waals surface area (Å²) in [6.07, 6.45) is 2.90. The predicted molar refractivity (Wildman–Crippen MR) is 131 cm³/mol. The first kappa shape index (κ1) is 22.3.